The number of para-hydroxylation sites is 4. The van der Waals surface area contributed by atoms with E-state index in [1.165, 1.54) is 77.9 Å². The fraction of sp³-hybridized carbons (Fsp3) is 0.0476. The second-order valence-corrected chi connectivity index (χ2v) is 11.5. The summed E-state index contributed by atoms with van der Waals surface area (Å²) in [6.07, 6.45) is 1.96. The number of rotatable bonds is 2. The number of nitrogens with zero attached hydrogens (tertiary/aromatic N) is 2. The van der Waals surface area contributed by atoms with Crippen LogP contribution >= 0.6 is 0 Å². The minimum Gasteiger partial charge on any atom is -1.00 e. The summed E-state index contributed by atoms with van der Waals surface area (Å²) < 4.78 is 4.79. The Balaban J connectivity index is 0.000000155. The quantitative estimate of drug-likeness (QED) is 0.239. The van der Waals surface area contributed by atoms with Crippen LogP contribution in [0.3, 0.4) is 0 Å². The molecule has 0 unspecified atom stereocenters. The summed E-state index contributed by atoms with van der Waals surface area (Å²) in [5, 5.41) is 2.71. The van der Waals surface area contributed by atoms with E-state index in [9.17, 15) is 0 Å². The van der Waals surface area contributed by atoms with Crippen molar-refractivity contribution < 1.29 is 51.0 Å². The van der Waals surface area contributed by atoms with Gasteiger partial charge in [-0.05, 0) is 60.4 Å². The predicted octanol–water partition coefficient (Wildman–Crippen LogP) is 4.01. The van der Waals surface area contributed by atoms with E-state index in [2.05, 4.69) is 155 Å². The zero-order chi connectivity index (χ0) is 29.0. The van der Waals surface area contributed by atoms with E-state index in [1.807, 2.05) is 12.1 Å². The zero-order valence-corrected chi connectivity index (χ0v) is 29.4. The van der Waals surface area contributed by atoms with Crippen LogP contribution < -0.4 is 24.8 Å². The first-order valence-electron chi connectivity index (χ1n) is 15.2. The fourth-order valence-corrected chi connectivity index (χ4v) is 7.26. The topological polar surface area (TPSA) is 9.86 Å². The molecule has 2 aliphatic rings. The number of benzene rings is 6. The molecule has 6 aromatic carbocycles. The first-order valence-corrected chi connectivity index (χ1v) is 15.2. The number of aromatic nitrogens is 2. The average molecular weight is 723 g/mol. The molecule has 5 heteroatoms. The van der Waals surface area contributed by atoms with Crippen LogP contribution in [0.2, 0.25) is 0 Å². The molecule has 0 saturated carbocycles. The molecule has 2 nitrogen and oxygen atoms in total. The van der Waals surface area contributed by atoms with Crippen molar-refractivity contribution in [3.8, 4) is 33.9 Å². The minimum atomic E-state index is 0. The Kier molecular flexibility index (Phi) is 9.44. The van der Waals surface area contributed by atoms with E-state index in [0.29, 0.717) is 0 Å². The summed E-state index contributed by atoms with van der Waals surface area (Å²) in [6, 6.07) is 58.1. The van der Waals surface area contributed by atoms with Gasteiger partial charge in [-0.2, -0.15) is 48.5 Å². The smallest absolute Gasteiger partial charge is 1.00 e. The summed E-state index contributed by atoms with van der Waals surface area (Å²) in [4.78, 5) is 0. The third-order valence-electron chi connectivity index (χ3n) is 9.09. The standard InChI is InChI=1S/2C21H14N.2ClH.Zr/c2*1-2-9-16(10-3-1)22-20-13-7-6-12-18(20)19-14-15-8-4-5-11-17(15)21(19)22;;;/h2*1-7,9-13H,14H2;2*1H;/q2*-1;;;+4/p-2. The molecular weight excluding hydrogens is 695 g/mol. The Hall–Kier alpha value is -4.14. The average Bonchev–Trinajstić information content (AvgIpc) is 3.83. The second-order valence-electron chi connectivity index (χ2n) is 11.5. The SMILES string of the molecule is [Cl-].[Cl-].[Zr+4].[c-]1cccc2c1Cc1c-2n(-c2ccccc2)c2ccccc12.[c-]1cccc2c1Cc1c-2n(-c2ccccc2)c2ccccc12. The number of hydrogen-bond donors (Lipinski definition) is 0. The third-order valence-corrected chi connectivity index (χ3v) is 9.09. The monoisotopic (exact) mass is 720 g/mol. The molecule has 2 heterocycles. The normalized spacial score (nSPS) is 11.6. The number of halogens is 2. The largest absolute Gasteiger partial charge is 4.00 e. The van der Waals surface area contributed by atoms with Crippen LogP contribution in [0, 0.1) is 12.1 Å². The molecule has 47 heavy (non-hydrogen) atoms. The van der Waals surface area contributed by atoms with E-state index in [4.69, 9.17) is 0 Å². The van der Waals surface area contributed by atoms with E-state index in [1.54, 1.807) is 0 Å². The van der Waals surface area contributed by atoms with Crippen LogP contribution in [0.4, 0.5) is 0 Å². The summed E-state index contributed by atoms with van der Waals surface area (Å²) in [6.45, 7) is 0. The molecule has 224 valence electrons. The van der Waals surface area contributed by atoms with Gasteiger partial charge in [-0.1, -0.05) is 72.8 Å². The molecule has 0 N–H and O–H groups in total. The molecule has 0 spiro atoms. The van der Waals surface area contributed by atoms with Gasteiger partial charge in [0.05, 0.1) is 11.0 Å². The third kappa shape index (κ3) is 5.32. The summed E-state index contributed by atoms with van der Waals surface area (Å²) in [5.74, 6) is 0. The van der Waals surface area contributed by atoms with Crippen molar-refractivity contribution in [3.05, 3.63) is 180 Å². The van der Waals surface area contributed by atoms with Gasteiger partial charge < -0.3 is 33.9 Å². The van der Waals surface area contributed by atoms with Crippen LogP contribution in [0.25, 0.3) is 55.7 Å². The number of hydrogen-bond acceptors (Lipinski definition) is 0. The van der Waals surface area contributed by atoms with Crippen LogP contribution in [-0.4, -0.2) is 9.13 Å². The molecule has 0 amide bonds. The second kappa shape index (κ2) is 13.5. The number of fused-ring (bicyclic) bond motifs is 10. The maximum Gasteiger partial charge on any atom is 4.00 e. The van der Waals surface area contributed by atoms with Crippen molar-refractivity contribution in [1.29, 1.82) is 0 Å². The Morgan fingerprint density at radius 3 is 1.23 bits per heavy atom. The van der Waals surface area contributed by atoms with Gasteiger partial charge in [0.1, 0.15) is 0 Å². The molecule has 0 atom stereocenters. The van der Waals surface area contributed by atoms with Crippen molar-refractivity contribution in [1.82, 2.24) is 9.13 Å². The first-order chi connectivity index (χ1) is 21.9. The maximum absolute atomic E-state index is 3.41. The van der Waals surface area contributed by atoms with E-state index < -0.39 is 0 Å². The van der Waals surface area contributed by atoms with Gasteiger partial charge in [-0.3, -0.25) is 0 Å². The molecule has 0 bridgehead atoms. The molecule has 2 aliphatic carbocycles. The minimum absolute atomic E-state index is 0. The Labute approximate surface area is 306 Å². The summed E-state index contributed by atoms with van der Waals surface area (Å²) in [7, 11) is 0. The molecule has 2 aromatic heterocycles. The molecule has 0 saturated heterocycles. The van der Waals surface area contributed by atoms with Crippen molar-refractivity contribution in [2.75, 3.05) is 0 Å². The van der Waals surface area contributed by atoms with Gasteiger partial charge >= 0.3 is 26.2 Å². The summed E-state index contributed by atoms with van der Waals surface area (Å²) in [5.41, 5.74) is 15.8. The zero-order valence-electron chi connectivity index (χ0n) is 25.4. The first kappa shape index (κ1) is 32.8. The maximum atomic E-state index is 3.41. The van der Waals surface area contributed by atoms with Crippen LogP contribution in [-0.2, 0) is 39.0 Å². The Morgan fingerprint density at radius 2 is 0.809 bits per heavy atom. The van der Waals surface area contributed by atoms with Crippen molar-refractivity contribution >= 4 is 21.8 Å². The van der Waals surface area contributed by atoms with Crippen molar-refractivity contribution in [2.24, 2.45) is 0 Å². The van der Waals surface area contributed by atoms with Gasteiger partial charge in [-0.15, -0.1) is 22.3 Å². The molecule has 0 aliphatic heterocycles. The molecular formula is C42H28Cl2N2Zr. The van der Waals surface area contributed by atoms with Crippen LogP contribution in [0.5, 0.6) is 0 Å². The van der Waals surface area contributed by atoms with Gasteiger partial charge in [0.15, 0.2) is 0 Å². The van der Waals surface area contributed by atoms with Gasteiger partial charge in [0.2, 0.25) is 0 Å². The molecule has 8 aromatic rings. The molecule has 0 fully saturated rings. The Morgan fingerprint density at radius 1 is 0.426 bits per heavy atom. The summed E-state index contributed by atoms with van der Waals surface area (Å²) >= 11 is 0. The Bertz CT molecular complexity index is 2170. The van der Waals surface area contributed by atoms with Gasteiger partial charge in [-0.25, -0.2) is 0 Å². The van der Waals surface area contributed by atoms with Gasteiger partial charge in [0.25, 0.3) is 0 Å². The van der Waals surface area contributed by atoms with E-state index in [-0.39, 0.29) is 51.0 Å². The van der Waals surface area contributed by atoms with E-state index >= 15 is 0 Å². The fourth-order valence-electron chi connectivity index (χ4n) is 7.26. The van der Waals surface area contributed by atoms with Crippen molar-refractivity contribution in [3.63, 3.8) is 0 Å². The van der Waals surface area contributed by atoms with Crippen LogP contribution in [0.1, 0.15) is 22.3 Å². The van der Waals surface area contributed by atoms with E-state index in [0.717, 1.165) is 12.8 Å². The predicted molar refractivity (Wildman–Crippen MR) is 181 cm³/mol. The molecule has 0 radical (unpaired) electrons. The van der Waals surface area contributed by atoms with Crippen molar-refractivity contribution in [2.45, 2.75) is 12.8 Å². The van der Waals surface area contributed by atoms with Crippen LogP contribution in [0.15, 0.2) is 146 Å². The molecule has 10 rings (SSSR count). The van der Waals surface area contributed by atoms with Gasteiger partial charge in [0, 0.05) is 33.5 Å².